The van der Waals surface area contributed by atoms with Crippen molar-refractivity contribution in [2.75, 3.05) is 12.4 Å². The third-order valence-corrected chi connectivity index (χ3v) is 5.16. The molecule has 0 saturated heterocycles. The van der Waals surface area contributed by atoms with Crippen molar-refractivity contribution >= 4 is 45.0 Å². The van der Waals surface area contributed by atoms with E-state index in [1.165, 1.54) is 18.4 Å². The van der Waals surface area contributed by atoms with E-state index in [0.29, 0.717) is 15.0 Å². The Bertz CT molecular complexity index is 750. The number of esters is 1. The van der Waals surface area contributed by atoms with E-state index in [2.05, 4.69) is 21.2 Å². The Balaban J connectivity index is 2.44. The van der Waals surface area contributed by atoms with Gasteiger partial charge in [0, 0.05) is 0 Å². The van der Waals surface area contributed by atoms with Gasteiger partial charge in [0.2, 0.25) is 0 Å². The zero-order valence-corrected chi connectivity index (χ0v) is 16.2. The second kappa shape index (κ2) is 7.36. The normalized spacial score (nSPS) is 11.0. The van der Waals surface area contributed by atoms with Crippen LogP contribution in [0.4, 0.5) is 10.5 Å². The Morgan fingerprint density at radius 3 is 2.33 bits per heavy atom. The fourth-order valence-electron chi connectivity index (χ4n) is 1.94. The number of rotatable bonds is 3. The summed E-state index contributed by atoms with van der Waals surface area (Å²) >= 11 is 4.72. The minimum atomic E-state index is -0.639. The van der Waals surface area contributed by atoms with E-state index in [-0.39, 0.29) is 0 Å². The van der Waals surface area contributed by atoms with E-state index in [1.807, 2.05) is 30.3 Å². The highest BCUT2D eigenvalue weighted by atomic mass is 79.9. The second-order valence-electron chi connectivity index (χ2n) is 5.93. The van der Waals surface area contributed by atoms with Crippen molar-refractivity contribution < 1.29 is 19.1 Å². The van der Waals surface area contributed by atoms with Crippen LogP contribution in [-0.2, 0) is 9.47 Å². The summed E-state index contributed by atoms with van der Waals surface area (Å²) < 4.78 is 10.7. The number of amides is 1. The van der Waals surface area contributed by atoms with Crippen LogP contribution in [0, 0.1) is 0 Å². The van der Waals surface area contributed by atoms with Crippen LogP contribution in [0.5, 0.6) is 0 Å². The highest BCUT2D eigenvalue weighted by Gasteiger charge is 2.26. The molecule has 0 spiro atoms. The van der Waals surface area contributed by atoms with Crippen LogP contribution in [0.3, 0.4) is 0 Å². The number of carbonyl (C=O) groups is 2. The van der Waals surface area contributed by atoms with Gasteiger partial charge in [0.15, 0.2) is 0 Å². The molecule has 0 bridgehead atoms. The van der Waals surface area contributed by atoms with Crippen LogP contribution in [-0.4, -0.2) is 24.8 Å². The molecular formula is C17H18BrNO4S. The lowest BCUT2D eigenvalue weighted by molar-refractivity contribution is 0.0607. The molecule has 2 aromatic rings. The SMILES string of the molecule is COC(=O)c1sc(-c2ccccc2)c(Br)c1NC(=O)OC(C)(C)C. The van der Waals surface area contributed by atoms with Crippen LogP contribution in [0.2, 0.25) is 0 Å². The largest absolute Gasteiger partial charge is 0.465 e. The number of benzene rings is 1. The van der Waals surface area contributed by atoms with Gasteiger partial charge < -0.3 is 9.47 Å². The Hall–Kier alpha value is -1.86. The summed E-state index contributed by atoms with van der Waals surface area (Å²) in [5.41, 5.74) is 0.636. The van der Waals surface area contributed by atoms with E-state index < -0.39 is 17.7 Å². The summed E-state index contributed by atoms with van der Waals surface area (Å²) in [5.74, 6) is -0.520. The third-order valence-electron chi connectivity index (χ3n) is 2.88. The molecular weight excluding hydrogens is 394 g/mol. The molecule has 2 rings (SSSR count). The summed E-state index contributed by atoms with van der Waals surface area (Å²) in [6, 6.07) is 9.57. The monoisotopic (exact) mass is 411 g/mol. The van der Waals surface area contributed by atoms with Gasteiger partial charge in [-0.3, -0.25) is 5.32 Å². The molecule has 0 unspecified atom stereocenters. The number of ether oxygens (including phenoxy) is 2. The van der Waals surface area contributed by atoms with Crippen molar-refractivity contribution in [3.63, 3.8) is 0 Å². The minimum absolute atomic E-state index is 0.300. The summed E-state index contributed by atoms with van der Waals surface area (Å²) in [5, 5.41) is 2.64. The topological polar surface area (TPSA) is 64.6 Å². The Morgan fingerprint density at radius 1 is 1.17 bits per heavy atom. The van der Waals surface area contributed by atoms with Crippen LogP contribution < -0.4 is 5.32 Å². The molecule has 0 aliphatic carbocycles. The van der Waals surface area contributed by atoms with Gasteiger partial charge in [-0.2, -0.15) is 0 Å². The average molecular weight is 412 g/mol. The summed E-state index contributed by atoms with van der Waals surface area (Å²) in [6.45, 7) is 5.31. The Morgan fingerprint density at radius 2 is 1.79 bits per heavy atom. The smallest absolute Gasteiger partial charge is 0.412 e. The molecule has 0 radical (unpaired) electrons. The van der Waals surface area contributed by atoms with Gasteiger partial charge >= 0.3 is 12.1 Å². The maximum absolute atomic E-state index is 12.1. The predicted molar refractivity (Wildman–Crippen MR) is 98.7 cm³/mol. The molecule has 7 heteroatoms. The van der Waals surface area contributed by atoms with Crippen molar-refractivity contribution in [3.8, 4) is 10.4 Å². The first-order valence-corrected chi connectivity index (χ1v) is 8.80. The van der Waals surface area contributed by atoms with Gasteiger partial charge in [-0.15, -0.1) is 11.3 Å². The number of nitrogens with one attached hydrogen (secondary N) is 1. The number of carbonyl (C=O) groups excluding carboxylic acids is 2. The fourth-order valence-corrected chi connectivity index (χ4v) is 3.91. The predicted octanol–water partition coefficient (Wildman–Crippen LogP) is 5.31. The molecule has 128 valence electrons. The van der Waals surface area contributed by atoms with E-state index in [1.54, 1.807) is 20.8 Å². The number of thiophene rings is 1. The van der Waals surface area contributed by atoms with Crippen LogP contribution in [0.25, 0.3) is 10.4 Å². The lowest BCUT2D eigenvalue weighted by Gasteiger charge is -2.19. The van der Waals surface area contributed by atoms with Crippen molar-refractivity contribution in [1.29, 1.82) is 0 Å². The van der Waals surface area contributed by atoms with Gasteiger partial charge in [0.25, 0.3) is 0 Å². The number of anilines is 1. The molecule has 0 fully saturated rings. The van der Waals surface area contributed by atoms with Crippen molar-refractivity contribution in [2.24, 2.45) is 0 Å². The molecule has 5 nitrogen and oxygen atoms in total. The minimum Gasteiger partial charge on any atom is -0.465 e. The van der Waals surface area contributed by atoms with Gasteiger partial charge in [-0.1, -0.05) is 30.3 Å². The van der Waals surface area contributed by atoms with Gasteiger partial charge in [-0.25, -0.2) is 9.59 Å². The first-order chi connectivity index (χ1) is 11.2. The zero-order valence-electron chi connectivity index (χ0n) is 13.8. The molecule has 1 heterocycles. The lowest BCUT2D eigenvalue weighted by Crippen LogP contribution is -2.27. The van der Waals surface area contributed by atoms with Crippen LogP contribution in [0.1, 0.15) is 30.4 Å². The van der Waals surface area contributed by atoms with Gasteiger partial charge in [0.05, 0.1) is 22.1 Å². The first-order valence-electron chi connectivity index (χ1n) is 7.19. The molecule has 1 aromatic carbocycles. The van der Waals surface area contributed by atoms with E-state index in [9.17, 15) is 9.59 Å². The molecule has 24 heavy (non-hydrogen) atoms. The average Bonchev–Trinajstić information content (AvgIpc) is 2.83. The third kappa shape index (κ3) is 4.36. The summed E-state index contributed by atoms with van der Waals surface area (Å²) in [7, 11) is 1.30. The van der Waals surface area contributed by atoms with Crippen LogP contribution >= 0.6 is 27.3 Å². The highest BCUT2D eigenvalue weighted by molar-refractivity contribution is 9.10. The zero-order chi connectivity index (χ0) is 17.9. The maximum atomic E-state index is 12.1. The highest BCUT2D eigenvalue weighted by Crippen LogP contribution is 2.44. The Kier molecular flexibility index (Phi) is 5.66. The van der Waals surface area contributed by atoms with Gasteiger partial charge in [0.1, 0.15) is 10.5 Å². The quantitative estimate of drug-likeness (QED) is 0.694. The first kappa shape index (κ1) is 18.5. The van der Waals surface area contributed by atoms with Crippen molar-refractivity contribution in [3.05, 3.63) is 39.7 Å². The second-order valence-corrected chi connectivity index (χ2v) is 7.75. The number of methoxy groups -OCH3 is 1. The lowest BCUT2D eigenvalue weighted by atomic mass is 10.2. The van der Waals surface area contributed by atoms with E-state index in [4.69, 9.17) is 9.47 Å². The maximum Gasteiger partial charge on any atom is 0.412 e. The molecule has 1 N–H and O–H groups in total. The molecule has 0 atom stereocenters. The number of halogens is 1. The molecule has 1 amide bonds. The van der Waals surface area contributed by atoms with Crippen molar-refractivity contribution in [2.45, 2.75) is 26.4 Å². The number of hydrogen-bond donors (Lipinski definition) is 1. The van der Waals surface area contributed by atoms with Crippen molar-refractivity contribution in [1.82, 2.24) is 0 Å². The standard InChI is InChI=1S/C17H18BrNO4S/c1-17(2,3)23-16(21)19-12-11(18)13(10-8-6-5-7-9-10)24-14(12)15(20)22-4/h5-9H,1-4H3,(H,19,21). The Labute approximate surface area is 153 Å². The summed E-state index contributed by atoms with van der Waals surface area (Å²) in [6.07, 6.45) is -0.634. The molecule has 1 aromatic heterocycles. The fraction of sp³-hybridized carbons (Fsp3) is 0.294. The number of hydrogen-bond acceptors (Lipinski definition) is 5. The van der Waals surface area contributed by atoms with E-state index >= 15 is 0 Å². The molecule has 0 aliphatic heterocycles. The summed E-state index contributed by atoms with van der Waals surface area (Å²) in [4.78, 5) is 25.3. The van der Waals surface area contributed by atoms with E-state index in [0.717, 1.165) is 10.4 Å². The van der Waals surface area contributed by atoms with Gasteiger partial charge in [-0.05, 0) is 42.3 Å². The molecule has 0 aliphatic rings. The van der Waals surface area contributed by atoms with Crippen LogP contribution in [0.15, 0.2) is 34.8 Å². The molecule has 0 saturated carbocycles.